The number of nitrogens with zero attached hydrogens (tertiary/aromatic N) is 3. The number of fused-ring (bicyclic) bond motifs is 1. The van der Waals surface area contributed by atoms with Gasteiger partial charge in [0.05, 0.1) is 11.4 Å². The van der Waals surface area contributed by atoms with Gasteiger partial charge in [0.1, 0.15) is 0 Å². The second kappa shape index (κ2) is 6.50. The molecule has 1 aliphatic heterocycles. The minimum Gasteiger partial charge on any atom is -0.213 e. The van der Waals surface area contributed by atoms with Crippen LogP contribution in [-0.2, 0) is 0 Å². The number of amidine groups is 1. The smallest absolute Gasteiger partial charge is 0.182 e. The van der Waals surface area contributed by atoms with Crippen LogP contribution in [0.15, 0.2) is 108 Å². The first-order chi connectivity index (χ1) is 13.4. The summed E-state index contributed by atoms with van der Waals surface area (Å²) in [5, 5.41) is 11.1. The number of rotatable bonds is 3. The first-order valence-corrected chi connectivity index (χ1v) is 8.93. The summed E-state index contributed by atoms with van der Waals surface area (Å²) in [5.74, 6) is 0.856. The Hall–Kier alpha value is -3.79. The van der Waals surface area contributed by atoms with Crippen molar-refractivity contribution in [2.75, 3.05) is 10.1 Å². The molecule has 27 heavy (non-hydrogen) atoms. The van der Waals surface area contributed by atoms with Crippen LogP contribution in [0.3, 0.4) is 0 Å². The summed E-state index contributed by atoms with van der Waals surface area (Å²) in [6.07, 6.45) is 0. The fourth-order valence-electron chi connectivity index (χ4n) is 3.34. The Labute approximate surface area is 157 Å². The summed E-state index contributed by atoms with van der Waals surface area (Å²) in [6, 6.07) is 35.3. The number of hydrazine groups is 2. The van der Waals surface area contributed by atoms with Crippen molar-refractivity contribution in [2.45, 2.75) is 0 Å². The molecule has 0 saturated heterocycles. The van der Waals surface area contributed by atoms with Gasteiger partial charge >= 0.3 is 0 Å². The number of hydrogen-bond acceptors (Lipinski definition) is 4. The van der Waals surface area contributed by atoms with Crippen LogP contribution >= 0.6 is 0 Å². The first kappa shape index (κ1) is 15.5. The maximum absolute atomic E-state index is 4.62. The third kappa shape index (κ3) is 2.77. The summed E-state index contributed by atoms with van der Waals surface area (Å²) in [7, 11) is 0. The van der Waals surface area contributed by atoms with E-state index in [0.29, 0.717) is 0 Å². The molecule has 0 amide bonds. The van der Waals surface area contributed by atoms with Crippen LogP contribution in [0.4, 0.5) is 11.4 Å². The molecule has 0 unspecified atom stereocenters. The van der Waals surface area contributed by atoms with Gasteiger partial charge in [-0.25, -0.2) is 5.01 Å². The maximum atomic E-state index is 4.62. The van der Waals surface area contributed by atoms with Gasteiger partial charge in [-0.05, 0) is 35.0 Å². The second-order valence-electron chi connectivity index (χ2n) is 6.39. The highest BCUT2D eigenvalue weighted by Crippen LogP contribution is 2.29. The van der Waals surface area contributed by atoms with Crippen LogP contribution in [0.5, 0.6) is 0 Å². The molecule has 5 rings (SSSR count). The summed E-state index contributed by atoms with van der Waals surface area (Å²) in [6.45, 7) is 0. The van der Waals surface area contributed by atoms with Crippen molar-refractivity contribution in [1.29, 1.82) is 0 Å². The second-order valence-corrected chi connectivity index (χ2v) is 6.39. The molecular weight excluding hydrogens is 332 g/mol. The van der Waals surface area contributed by atoms with Gasteiger partial charge in [-0.3, -0.25) is 0 Å². The molecule has 0 spiro atoms. The Morgan fingerprint density at radius 3 is 2.04 bits per heavy atom. The van der Waals surface area contributed by atoms with Crippen LogP contribution in [-0.4, -0.2) is 5.84 Å². The molecule has 0 aliphatic carbocycles. The highest BCUT2D eigenvalue weighted by atomic mass is 15.9. The van der Waals surface area contributed by atoms with Crippen LogP contribution in [0.2, 0.25) is 0 Å². The number of hydrazone groups is 1. The molecule has 0 atom stereocenters. The molecule has 0 fully saturated rings. The van der Waals surface area contributed by atoms with E-state index < -0.39 is 0 Å². The van der Waals surface area contributed by atoms with Crippen LogP contribution in [0.1, 0.15) is 5.56 Å². The van der Waals surface area contributed by atoms with Crippen molar-refractivity contribution in [2.24, 2.45) is 5.10 Å². The van der Waals surface area contributed by atoms with E-state index in [0.717, 1.165) is 22.8 Å². The third-order valence-corrected chi connectivity index (χ3v) is 4.66. The van der Waals surface area contributed by atoms with E-state index in [2.05, 4.69) is 82.4 Å². The van der Waals surface area contributed by atoms with Gasteiger partial charge in [0.2, 0.25) is 0 Å². The van der Waals surface area contributed by atoms with E-state index in [1.165, 1.54) is 10.8 Å². The minimum atomic E-state index is 0.856. The fraction of sp³-hybridized carbons (Fsp3) is 0. The lowest BCUT2D eigenvalue weighted by atomic mass is 10.1. The van der Waals surface area contributed by atoms with Gasteiger partial charge in [0.25, 0.3) is 0 Å². The molecule has 4 heteroatoms. The van der Waals surface area contributed by atoms with E-state index in [-0.39, 0.29) is 0 Å². The average Bonchev–Trinajstić information content (AvgIpc) is 3.20. The van der Waals surface area contributed by atoms with Gasteiger partial charge in [-0.2, -0.15) is 10.7 Å². The number of anilines is 2. The standard InChI is InChI=1S/C23H18N4/c1-3-10-19(11-4-1)23-24-25-27(21-13-5-2-6-14-21)26(23)22-16-15-18-9-7-8-12-20(18)17-22/h1-17,25H. The molecule has 4 nitrogen and oxygen atoms in total. The molecule has 4 aromatic carbocycles. The highest BCUT2D eigenvalue weighted by molar-refractivity contribution is 6.12. The monoisotopic (exact) mass is 350 g/mol. The topological polar surface area (TPSA) is 30.9 Å². The zero-order chi connectivity index (χ0) is 18.1. The summed E-state index contributed by atoms with van der Waals surface area (Å²) >= 11 is 0. The summed E-state index contributed by atoms with van der Waals surface area (Å²) in [5.41, 5.74) is 6.28. The molecule has 0 radical (unpaired) electrons. The van der Waals surface area contributed by atoms with Crippen molar-refractivity contribution >= 4 is 28.0 Å². The predicted octanol–water partition coefficient (Wildman–Crippen LogP) is 4.95. The highest BCUT2D eigenvalue weighted by Gasteiger charge is 2.29. The molecule has 130 valence electrons. The normalized spacial score (nSPS) is 13.6. The minimum absolute atomic E-state index is 0.856. The van der Waals surface area contributed by atoms with Gasteiger partial charge in [0.15, 0.2) is 5.84 Å². The largest absolute Gasteiger partial charge is 0.213 e. The molecule has 4 aromatic rings. The van der Waals surface area contributed by atoms with Crippen molar-refractivity contribution in [3.8, 4) is 0 Å². The Balaban J connectivity index is 1.64. The van der Waals surface area contributed by atoms with Gasteiger partial charge in [-0.15, -0.1) is 5.10 Å². The Morgan fingerprint density at radius 1 is 0.593 bits per heavy atom. The van der Waals surface area contributed by atoms with Crippen molar-refractivity contribution in [3.63, 3.8) is 0 Å². The fourth-order valence-corrected chi connectivity index (χ4v) is 3.34. The van der Waals surface area contributed by atoms with E-state index in [1.54, 1.807) is 0 Å². The van der Waals surface area contributed by atoms with Crippen molar-refractivity contribution in [1.82, 2.24) is 5.53 Å². The lowest BCUT2D eigenvalue weighted by molar-refractivity contribution is 0.723. The lowest BCUT2D eigenvalue weighted by Crippen LogP contribution is -2.46. The van der Waals surface area contributed by atoms with Crippen molar-refractivity contribution < 1.29 is 0 Å². The van der Waals surface area contributed by atoms with Crippen LogP contribution in [0, 0.1) is 0 Å². The number of para-hydroxylation sites is 1. The Bertz CT molecular complexity index is 1110. The first-order valence-electron chi connectivity index (χ1n) is 8.93. The molecule has 1 aliphatic rings. The van der Waals surface area contributed by atoms with E-state index in [4.69, 9.17) is 0 Å². The molecule has 1 N–H and O–H groups in total. The zero-order valence-corrected chi connectivity index (χ0v) is 14.7. The van der Waals surface area contributed by atoms with Crippen LogP contribution in [0.25, 0.3) is 10.8 Å². The maximum Gasteiger partial charge on any atom is 0.182 e. The SMILES string of the molecule is c1ccc(C2=NNN(c3ccccc3)N2c2ccc3ccccc3c2)cc1. The van der Waals surface area contributed by atoms with Gasteiger partial charge in [0, 0.05) is 5.56 Å². The molecular formula is C23H18N4. The Kier molecular flexibility index (Phi) is 3.72. The Morgan fingerprint density at radius 2 is 1.26 bits per heavy atom. The van der Waals surface area contributed by atoms with Gasteiger partial charge in [-0.1, -0.05) is 78.9 Å². The van der Waals surface area contributed by atoms with E-state index in [9.17, 15) is 0 Å². The average molecular weight is 350 g/mol. The zero-order valence-electron chi connectivity index (χ0n) is 14.7. The van der Waals surface area contributed by atoms with E-state index >= 15 is 0 Å². The van der Waals surface area contributed by atoms with Crippen molar-refractivity contribution in [3.05, 3.63) is 109 Å². The number of nitrogens with one attached hydrogen (secondary N) is 1. The lowest BCUT2D eigenvalue weighted by Gasteiger charge is -2.31. The molecule has 0 aromatic heterocycles. The number of hydrogen-bond donors (Lipinski definition) is 1. The predicted molar refractivity (Wildman–Crippen MR) is 111 cm³/mol. The summed E-state index contributed by atoms with van der Waals surface area (Å²) < 4.78 is 0. The molecule has 0 saturated carbocycles. The molecule has 0 bridgehead atoms. The van der Waals surface area contributed by atoms with Crippen LogP contribution < -0.4 is 15.7 Å². The number of benzene rings is 4. The third-order valence-electron chi connectivity index (χ3n) is 4.66. The quantitative estimate of drug-likeness (QED) is 0.567. The van der Waals surface area contributed by atoms with E-state index in [1.807, 2.05) is 41.5 Å². The molecule has 1 heterocycles. The summed E-state index contributed by atoms with van der Waals surface area (Å²) in [4.78, 5) is 0. The van der Waals surface area contributed by atoms with Gasteiger partial charge < -0.3 is 0 Å².